The summed E-state index contributed by atoms with van der Waals surface area (Å²) in [6.07, 6.45) is -0.911. The molecule has 0 saturated heterocycles. The molecule has 0 aliphatic heterocycles. The molecule has 0 amide bonds. The molecule has 1 unspecified atom stereocenters. The molecule has 0 aliphatic carbocycles. The van der Waals surface area contributed by atoms with Gasteiger partial charge in [0.2, 0.25) is 0 Å². The summed E-state index contributed by atoms with van der Waals surface area (Å²) in [4.78, 5) is 0. The predicted octanol–water partition coefficient (Wildman–Crippen LogP) is 2.14. The summed E-state index contributed by atoms with van der Waals surface area (Å²) in [6.45, 7) is 3.11. The highest BCUT2D eigenvalue weighted by Gasteiger charge is 2.25. The highest BCUT2D eigenvalue weighted by atomic mass is 35.5. The lowest BCUT2D eigenvalue weighted by atomic mass is 9.95. The lowest BCUT2D eigenvalue weighted by Gasteiger charge is -2.24. The van der Waals surface area contributed by atoms with Gasteiger partial charge >= 0.3 is 0 Å². The minimum atomic E-state index is -1.15. The predicted molar refractivity (Wildman–Crippen MR) is 52.7 cm³/mol. The SMILES string of the molecule is CC(C)(O)C(O)c1cccc(Cl)c1. The van der Waals surface area contributed by atoms with Crippen LogP contribution in [0.5, 0.6) is 0 Å². The Morgan fingerprint density at radius 3 is 2.46 bits per heavy atom. The van der Waals surface area contributed by atoms with E-state index in [1.807, 2.05) is 0 Å². The van der Waals surface area contributed by atoms with Crippen LogP contribution in [0.1, 0.15) is 25.5 Å². The molecule has 0 fully saturated rings. The van der Waals surface area contributed by atoms with Gasteiger partial charge in [0, 0.05) is 5.02 Å². The topological polar surface area (TPSA) is 40.5 Å². The number of aliphatic hydroxyl groups is 2. The van der Waals surface area contributed by atoms with Crippen molar-refractivity contribution in [3.63, 3.8) is 0 Å². The van der Waals surface area contributed by atoms with Gasteiger partial charge in [-0.3, -0.25) is 0 Å². The summed E-state index contributed by atoms with van der Waals surface area (Å²) in [6, 6.07) is 6.84. The van der Waals surface area contributed by atoms with E-state index < -0.39 is 11.7 Å². The van der Waals surface area contributed by atoms with Crippen LogP contribution in [0, 0.1) is 0 Å². The summed E-state index contributed by atoms with van der Waals surface area (Å²) in [7, 11) is 0. The molecule has 0 saturated carbocycles. The Kier molecular flexibility index (Phi) is 2.96. The maximum absolute atomic E-state index is 9.67. The van der Waals surface area contributed by atoms with Crippen molar-refractivity contribution < 1.29 is 10.2 Å². The first kappa shape index (κ1) is 10.5. The number of hydrogen-bond acceptors (Lipinski definition) is 2. The van der Waals surface area contributed by atoms with E-state index >= 15 is 0 Å². The minimum absolute atomic E-state index is 0.556. The normalized spacial score (nSPS) is 14.2. The highest BCUT2D eigenvalue weighted by molar-refractivity contribution is 6.30. The zero-order valence-electron chi connectivity index (χ0n) is 7.66. The monoisotopic (exact) mass is 200 g/mol. The second-order valence-corrected chi connectivity index (χ2v) is 4.05. The van der Waals surface area contributed by atoms with Gasteiger partial charge in [-0.15, -0.1) is 0 Å². The molecule has 1 rings (SSSR count). The lowest BCUT2D eigenvalue weighted by molar-refractivity contribution is -0.0496. The minimum Gasteiger partial charge on any atom is -0.387 e. The van der Waals surface area contributed by atoms with E-state index in [4.69, 9.17) is 11.6 Å². The lowest BCUT2D eigenvalue weighted by Crippen LogP contribution is -2.28. The second-order valence-electron chi connectivity index (χ2n) is 3.61. The van der Waals surface area contributed by atoms with Crippen molar-refractivity contribution >= 4 is 11.6 Å². The van der Waals surface area contributed by atoms with Crippen LogP contribution in [0.25, 0.3) is 0 Å². The Bertz CT molecular complexity index is 291. The first-order valence-electron chi connectivity index (χ1n) is 4.07. The highest BCUT2D eigenvalue weighted by Crippen LogP contribution is 2.26. The van der Waals surface area contributed by atoms with Crippen LogP contribution in [0.3, 0.4) is 0 Å². The van der Waals surface area contributed by atoms with Gasteiger partial charge in [-0.25, -0.2) is 0 Å². The van der Waals surface area contributed by atoms with Crippen LogP contribution < -0.4 is 0 Å². The molecule has 2 nitrogen and oxygen atoms in total. The fourth-order valence-electron chi connectivity index (χ4n) is 1.08. The van der Waals surface area contributed by atoms with Gasteiger partial charge in [0.25, 0.3) is 0 Å². The van der Waals surface area contributed by atoms with E-state index in [0.717, 1.165) is 0 Å². The van der Waals surface area contributed by atoms with E-state index in [1.54, 1.807) is 38.1 Å². The number of benzene rings is 1. The third-order valence-electron chi connectivity index (χ3n) is 1.83. The molecule has 0 bridgehead atoms. The maximum atomic E-state index is 9.67. The molecule has 0 aliphatic rings. The summed E-state index contributed by atoms with van der Waals surface area (Å²) < 4.78 is 0. The summed E-state index contributed by atoms with van der Waals surface area (Å²) in [5, 5.41) is 19.8. The van der Waals surface area contributed by atoms with Crippen LogP contribution in [0.15, 0.2) is 24.3 Å². The van der Waals surface area contributed by atoms with Crippen molar-refractivity contribution in [1.29, 1.82) is 0 Å². The number of halogens is 1. The van der Waals surface area contributed by atoms with E-state index in [9.17, 15) is 10.2 Å². The standard InChI is InChI=1S/C10H13ClO2/c1-10(2,13)9(12)7-4-3-5-8(11)6-7/h3-6,9,12-13H,1-2H3. The van der Waals surface area contributed by atoms with Crippen molar-refractivity contribution in [2.24, 2.45) is 0 Å². The largest absolute Gasteiger partial charge is 0.387 e. The maximum Gasteiger partial charge on any atom is 0.107 e. The molecule has 1 atom stereocenters. The smallest absolute Gasteiger partial charge is 0.107 e. The Hall–Kier alpha value is -0.570. The van der Waals surface area contributed by atoms with Crippen molar-refractivity contribution in [2.45, 2.75) is 25.6 Å². The summed E-state index contributed by atoms with van der Waals surface area (Å²) >= 11 is 5.75. The molecule has 0 radical (unpaired) electrons. The third kappa shape index (κ3) is 2.69. The molecule has 13 heavy (non-hydrogen) atoms. The molecule has 2 N–H and O–H groups in total. The van der Waals surface area contributed by atoms with Crippen LogP contribution in [0.2, 0.25) is 5.02 Å². The Morgan fingerprint density at radius 2 is 2.00 bits per heavy atom. The molecule has 1 aromatic carbocycles. The van der Waals surface area contributed by atoms with Gasteiger partial charge in [0.05, 0.1) is 5.60 Å². The fraction of sp³-hybridized carbons (Fsp3) is 0.400. The molecule has 1 aromatic rings. The van der Waals surface area contributed by atoms with Gasteiger partial charge in [0.15, 0.2) is 0 Å². The van der Waals surface area contributed by atoms with E-state index in [1.165, 1.54) is 0 Å². The third-order valence-corrected chi connectivity index (χ3v) is 2.07. The van der Waals surface area contributed by atoms with Crippen molar-refractivity contribution in [1.82, 2.24) is 0 Å². The second kappa shape index (κ2) is 3.66. The average Bonchev–Trinajstić information content (AvgIpc) is 2.01. The molecule has 0 aromatic heterocycles. The van der Waals surface area contributed by atoms with Gasteiger partial charge in [-0.2, -0.15) is 0 Å². The van der Waals surface area contributed by atoms with Gasteiger partial charge in [-0.05, 0) is 31.5 Å². The Balaban J connectivity index is 2.96. The quantitative estimate of drug-likeness (QED) is 0.768. The van der Waals surface area contributed by atoms with Crippen LogP contribution in [0.4, 0.5) is 0 Å². The van der Waals surface area contributed by atoms with Crippen LogP contribution in [-0.2, 0) is 0 Å². The van der Waals surface area contributed by atoms with Gasteiger partial charge in [0.1, 0.15) is 6.10 Å². The molecule has 0 heterocycles. The fourth-order valence-corrected chi connectivity index (χ4v) is 1.28. The first-order valence-corrected chi connectivity index (χ1v) is 4.45. The molecular formula is C10H13ClO2. The van der Waals surface area contributed by atoms with E-state index in [2.05, 4.69) is 0 Å². The van der Waals surface area contributed by atoms with Crippen LogP contribution >= 0.6 is 11.6 Å². The Morgan fingerprint density at radius 1 is 1.38 bits per heavy atom. The van der Waals surface area contributed by atoms with Crippen molar-refractivity contribution in [3.05, 3.63) is 34.9 Å². The number of rotatable bonds is 2. The van der Waals surface area contributed by atoms with Crippen molar-refractivity contribution in [3.8, 4) is 0 Å². The van der Waals surface area contributed by atoms with E-state index in [-0.39, 0.29) is 0 Å². The average molecular weight is 201 g/mol. The zero-order chi connectivity index (χ0) is 10.1. The summed E-state index contributed by atoms with van der Waals surface area (Å²) in [5.74, 6) is 0. The van der Waals surface area contributed by atoms with Crippen molar-refractivity contribution in [2.75, 3.05) is 0 Å². The van der Waals surface area contributed by atoms with E-state index in [0.29, 0.717) is 10.6 Å². The number of aliphatic hydroxyl groups excluding tert-OH is 1. The van der Waals surface area contributed by atoms with Gasteiger partial charge < -0.3 is 10.2 Å². The molecule has 3 heteroatoms. The summed E-state index contributed by atoms with van der Waals surface area (Å²) in [5.41, 5.74) is -0.523. The molecular weight excluding hydrogens is 188 g/mol. The van der Waals surface area contributed by atoms with Crippen LogP contribution in [-0.4, -0.2) is 15.8 Å². The molecule has 0 spiro atoms. The zero-order valence-corrected chi connectivity index (χ0v) is 8.42. The first-order chi connectivity index (χ1) is 5.91. The number of hydrogen-bond donors (Lipinski definition) is 2. The van der Waals surface area contributed by atoms with Gasteiger partial charge in [-0.1, -0.05) is 23.7 Å². The molecule has 72 valence electrons. The Labute approximate surface area is 82.8 Å².